The van der Waals surface area contributed by atoms with E-state index in [4.69, 9.17) is 0 Å². The lowest BCUT2D eigenvalue weighted by atomic mass is 10.1. The largest absolute Gasteiger partial charge is 0.355 e. The van der Waals surface area contributed by atoms with E-state index in [1.165, 1.54) is 23.5 Å². The number of amides is 1. The van der Waals surface area contributed by atoms with Gasteiger partial charge in [0, 0.05) is 31.0 Å². The van der Waals surface area contributed by atoms with E-state index < -0.39 is 0 Å². The zero-order valence-corrected chi connectivity index (χ0v) is 11.8. The van der Waals surface area contributed by atoms with Crippen LogP contribution in [0.2, 0.25) is 0 Å². The molecule has 0 aromatic heterocycles. The minimum atomic E-state index is -0.0177. The summed E-state index contributed by atoms with van der Waals surface area (Å²) in [5.41, 5.74) is 1.94. The molecule has 0 bridgehead atoms. The Hall–Kier alpha value is -1.00. The molecule has 1 heterocycles. The van der Waals surface area contributed by atoms with Gasteiger partial charge in [-0.25, -0.2) is 0 Å². The molecule has 0 radical (unpaired) electrons. The van der Waals surface area contributed by atoms with E-state index in [1.54, 1.807) is 7.05 Å². The van der Waals surface area contributed by atoms with Gasteiger partial charge < -0.3 is 5.32 Å². The summed E-state index contributed by atoms with van der Waals surface area (Å²) in [4.78, 5) is 14.0. The summed E-state index contributed by atoms with van der Waals surface area (Å²) in [6.45, 7) is 0.913. The lowest BCUT2D eigenvalue weighted by Gasteiger charge is -2.23. The summed E-state index contributed by atoms with van der Waals surface area (Å²) in [6.07, 6.45) is 1.27. The van der Waals surface area contributed by atoms with E-state index in [0.29, 0.717) is 6.04 Å². The van der Waals surface area contributed by atoms with Gasteiger partial charge in [0.05, 0.1) is 0 Å². The molecular weight excluding hydrogens is 244 g/mol. The second-order valence-electron chi connectivity index (χ2n) is 4.71. The first-order valence-corrected chi connectivity index (χ1v) is 7.45. The average Bonchev–Trinajstić information content (AvgIpc) is 2.92. The van der Waals surface area contributed by atoms with E-state index in [0.717, 1.165) is 12.1 Å². The standard InChI is InChI=1S/C14H20N2OS/c1-15-14(17)12-5-3-4-11(8-12)9-16(2)13-6-7-18-10-13/h3-5,8,13H,6-7,9-10H2,1-2H3,(H,15,17). The monoisotopic (exact) mass is 264 g/mol. The third-order valence-electron chi connectivity index (χ3n) is 3.38. The average molecular weight is 264 g/mol. The number of carbonyl (C=O) groups excluding carboxylic acids is 1. The fraction of sp³-hybridized carbons (Fsp3) is 0.500. The van der Waals surface area contributed by atoms with Crippen molar-refractivity contribution in [3.63, 3.8) is 0 Å². The Bertz CT molecular complexity index is 416. The van der Waals surface area contributed by atoms with Gasteiger partial charge in [0.15, 0.2) is 0 Å². The van der Waals surface area contributed by atoms with Crippen molar-refractivity contribution in [2.45, 2.75) is 19.0 Å². The second kappa shape index (κ2) is 6.25. The molecule has 1 N–H and O–H groups in total. The highest BCUT2D eigenvalue weighted by molar-refractivity contribution is 7.99. The highest BCUT2D eigenvalue weighted by atomic mass is 32.2. The molecule has 1 aliphatic rings. The summed E-state index contributed by atoms with van der Waals surface area (Å²) in [6, 6.07) is 8.56. The Labute approximate surface area is 113 Å². The van der Waals surface area contributed by atoms with Crippen molar-refractivity contribution < 1.29 is 4.79 Å². The van der Waals surface area contributed by atoms with Crippen molar-refractivity contribution in [3.8, 4) is 0 Å². The van der Waals surface area contributed by atoms with Crippen molar-refractivity contribution in [1.82, 2.24) is 10.2 Å². The molecule has 1 fully saturated rings. The van der Waals surface area contributed by atoms with Crippen molar-refractivity contribution in [1.29, 1.82) is 0 Å². The third-order valence-corrected chi connectivity index (χ3v) is 4.52. The van der Waals surface area contributed by atoms with Crippen LogP contribution in [0.25, 0.3) is 0 Å². The van der Waals surface area contributed by atoms with Crippen LogP contribution in [-0.4, -0.2) is 42.4 Å². The van der Waals surface area contributed by atoms with E-state index in [-0.39, 0.29) is 5.91 Å². The fourth-order valence-corrected chi connectivity index (χ4v) is 3.54. The zero-order valence-electron chi connectivity index (χ0n) is 11.0. The molecule has 4 heteroatoms. The van der Waals surface area contributed by atoms with Crippen LogP contribution in [0.5, 0.6) is 0 Å². The van der Waals surface area contributed by atoms with E-state index in [2.05, 4.69) is 23.3 Å². The van der Waals surface area contributed by atoms with Crippen molar-refractivity contribution in [3.05, 3.63) is 35.4 Å². The number of hydrogen-bond donors (Lipinski definition) is 1. The number of hydrogen-bond acceptors (Lipinski definition) is 3. The van der Waals surface area contributed by atoms with Gasteiger partial charge in [-0.05, 0) is 36.9 Å². The van der Waals surface area contributed by atoms with Crippen LogP contribution in [0.15, 0.2) is 24.3 Å². The summed E-state index contributed by atoms with van der Waals surface area (Å²) < 4.78 is 0. The predicted octanol–water partition coefficient (Wildman–Crippen LogP) is 1.98. The second-order valence-corrected chi connectivity index (χ2v) is 5.86. The lowest BCUT2D eigenvalue weighted by molar-refractivity contribution is 0.0963. The minimum Gasteiger partial charge on any atom is -0.355 e. The van der Waals surface area contributed by atoms with Gasteiger partial charge in [-0.1, -0.05) is 12.1 Å². The Balaban J connectivity index is 2.02. The fourth-order valence-electron chi connectivity index (χ4n) is 2.24. The number of benzene rings is 1. The van der Waals surface area contributed by atoms with Gasteiger partial charge >= 0.3 is 0 Å². The Morgan fingerprint density at radius 3 is 3.06 bits per heavy atom. The Kier molecular flexibility index (Phi) is 4.66. The van der Waals surface area contributed by atoms with E-state index >= 15 is 0 Å². The maximum atomic E-state index is 11.6. The summed E-state index contributed by atoms with van der Waals surface area (Å²) in [7, 11) is 3.83. The van der Waals surface area contributed by atoms with E-state index in [1.807, 2.05) is 30.0 Å². The zero-order chi connectivity index (χ0) is 13.0. The normalized spacial score (nSPS) is 19.2. The quantitative estimate of drug-likeness (QED) is 0.902. The molecule has 1 unspecified atom stereocenters. The minimum absolute atomic E-state index is 0.0177. The molecule has 1 aliphatic heterocycles. The first kappa shape index (κ1) is 13.4. The number of rotatable bonds is 4. The highest BCUT2D eigenvalue weighted by Crippen LogP contribution is 2.22. The maximum Gasteiger partial charge on any atom is 0.251 e. The first-order chi connectivity index (χ1) is 8.70. The summed E-state index contributed by atoms with van der Waals surface area (Å²) >= 11 is 2.03. The summed E-state index contributed by atoms with van der Waals surface area (Å²) in [5.74, 6) is 2.48. The van der Waals surface area contributed by atoms with Gasteiger partial charge in [0.1, 0.15) is 0 Å². The van der Waals surface area contributed by atoms with Gasteiger partial charge in [0.2, 0.25) is 0 Å². The van der Waals surface area contributed by atoms with E-state index in [9.17, 15) is 4.79 Å². The third kappa shape index (κ3) is 3.27. The van der Waals surface area contributed by atoms with Crippen LogP contribution >= 0.6 is 11.8 Å². The van der Waals surface area contributed by atoms with Crippen molar-refractivity contribution in [2.24, 2.45) is 0 Å². The molecule has 0 aliphatic carbocycles. The van der Waals surface area contributed by atoms with Crippen LogP contribution in [-0.2, 0) is 6.54 Å². The molecule has 3 nitrogen and oxygen atoms in total. The molecule has 1 atom stereocenters. The van der Waals surface area contributed by atoms with Crippen LogP contribution < -0.4 is 5.32 Å². The van der Waals surface area contributed by atoms with Crippen LogP contribution in [0, 0.1) is 0 Å². The van der Waals surface area contributed by atoms with Crippen LogP contribution in [0.1, 0.15) is 22.3 Å². The number of thioether (sulfide) groups is 1. The summed E-state index contributed by atoms with van der Waals surface area (Å²) in [5, 5.41) is 2.66. The van der Waals surface area contributed by atoms with Gasteiger partial charge in [-0.2, -0.15) is 11.8 Å². The highest BCUT2D eigenvalue weighted by Gasteiger charge is 2.20. The van der Waals surface area contributed by atoms with Crippen molar-refractivity contribution in [2.75, 3.05) is 25.6 Å². The molecule has 0 spiro atoms. The predicted molar refractivity (Wildman–Crippen MR) is 77.0 cm³/mol. The smallest absolute Gasteiger partial charge is 0.251 e. The topological polar surface area (TPSA) is 32.3 Å². The Morgan fingerprint density at radius 2 is 2.39 bits per heavy atom. The maximum absolute atomic E-state index is 11.6. The van der Waals surface area contributed by atoms with Gasteiger partial charge in [0.25, 0.3) is 5.91 Å². The van der Waals surface area contributed by atoms with Crippen LogP contribution in [0.3, 0.4) is 0 Å². The molecule has 1 aromatic rings. The van der Waals surface area contributed by atoms with Gasteiger partial charge in [-0.3, -0.25) is 9.69 Å². The SMILES string of the molecule is CNC(=O)c1cccc(CN(C)C2CCSC2)c1. The molecule has 0 saturated carbocycles. The van der Waals surface area contributed by atoms with Crippen LogP contribution in [0.4, 0.5) is 0 Å². The number of nitrogens with zero attached hydrogens (tertiary/aromatic N) is 1. The first-order valence-electron chi connectivity index (χ1n) is 6.29. The molecule has 1 amide bonds. The number of carbonyl (C=O) groups is 1. The molecule has 98 valence electrons. The molecular formula is C14H20N2OS. The molecule has 2 rings (SSSR count). The molecule has 18 heavy (non-hydrogen) atoms. The number of nitrogens with one attached hydrogen (secondary N) is 1. The molecule has 1 aromatic carbocycles. The molecule has 1 saturated heterocycles. The van der Waals surface area contributed by atoms with Gasteiger partial charge in [-0.15, -0.1) is 0 Å². The Morgan fingerprint density at radius 1 is 1.56 bits per heavy atom. The lowest BCUT2D eigenvalue weighted by Crippen LogP contribution is -2.31. The van der Waals surface area contributed by atoms with Crippen molar-refractivity contribution >= 4 is 17.7 Å².